The Morgan fingerprint density at radius 3 is 2.51 bits per heavy atom. The number of sulfonamides is 1. The van der Waals surface area contributed by atoms with Crippen LogP contribution in [0.1, 0.15) is 90.5 Å². The SMILES string of the molecule is CCn1c(-c2cccnc2C(C)C)c2c3cc(ccc31)-c1cc(O)cc(c1)C[C@H](NC(=O)[C@H](C(C)C)N(C)C(=O)[C@H]1CCN(S(=O)(=O)[C@@H]3CN3)C1)C(=O)N1CCC[C@H](N1)C(=O)OCC(C)(C)C2. The van der Waals surface area contributed by atoms with Gasteiger partial charge in [0.2, 0.25) is 21.8 Å². The van der Waals surface area contributed by atoms with Crippen molar-refractivity contribution < 1.29 is 37.4 Å². The number of nitrogens with one attached hydrogen (secondary N) is 3. The number of hydrazine groups is 1. The molecular weight excluding hydrogens is 873 g/mol. The van der Waals surface area contributed by atoms with Crippen LogP contribution in [0, 0.1) is 17.3 Å². The number of benzene rings is 2. The van der Waals surface area contributed by atoms with Crippen molar-refractivity contribution in [1.82, 2.24) is 39.8 Å². The monoisotopic (exact) mass is 938 g/mol. The minimum Gasteiger partial charge on any atom is -0.508 e. The van der Waals surface area contributed by atoms with Crippen LogP contribution in [-0.2, 0) is 53.3 Å². The average Bonchev–Trinajstić information content (AvgIpc) is 3.97. The Hall–Kier alpha value is -5.36. The number of esters is 1. The zero-order chi connectivity index (χ0) is 48.1. The van der Waals surface area contributed by atoms with Crippen molar-refractivity contribution in [3.8, 4) is 28.1 Å². The fraction of sp³-hybridized carbons (Fsp3) is 0.540. The maximum Gasteiger partial charge on any atom is 0.324 e. The molecule has 0 radical (unpaired) electrons. The number of fused-ring (bicyclic) bond motifs is 6. The third-order valence-electron chi connectivity index (χ3n) is 13.7. The summed E-state index contributed by atoms with van der Waals surface area (Å²) in [6.45, 7) is 15.9. The normalized spacial score (nSPS) is 23.0. The molecule has 3 fully saturated rings. The van der Waals surface area contributed by atoms with Gasteiger partial charge in [0.15, 0.2) is 0 Å². The van der Waals surface area contributed by atoms with Crippen LogP contribution in [0.25, 0.3) is 33.3 Å². The van der Waals surface area contributed by atoms with Gasteiger partial charge in [-0.2, -0.15) is 4.31 Å². The van der Waals surface area contributed by atoms with E-state index in [9.17, 15) is 32.7 Å². The Balaban J connectivity index is 1.17. The molecule has 8 rings (SSSR count). The number of likely N-dealkylation sites (N-methyl/N-ethyl adjacent to an activating group) is 1. The highest BCUT2D eigenvalue weighted by Crippen LogP contribution is 2.42. The number of phenols is 1. The molecule has 4 N–H and O–H groups in total. The van der Waals surface area contributed by atoms with Gasteiger partial charge in [-0.3, -0.25) is 34.5 Å². The molecule has 4 aliphatic rings. The van der Waals surface area contributed by atoms with Gasteiger partial charge in [0.05, 0.1) is 23.9 Å². The number of amides is 3. The van der Waals surface area contributed by atoms with Crippen molar-refractivity contribution in [2.45, 2.75) is 117 Å². The summed E-state index contributed by atoms with van der Waals surface area (Å²) in [5.74, 6) is -2.76. The number of ether oxygens (including phenoxy) is 1. The highest BCUT2D eigenvalue weighted by Gasteiger charge is 2.46. The van der Waals surface area contributed by atoms with Gasteiger partial charge < -0.3 is 24.6 Å². The minimum atomic E-state index is -3.57. The third kappa shape index (κ3) is 9.83. The van der Waals surface area contributed by atoms with Gasteiger partial charge in [-0.1, -0.05) is 53.7 Å². The first-order valence-electron chi connectivity index (χ1n) is 23.7. The van der Waals surface area contributed by atoms with Crippen LogP contribution in [0.15, 0.2) is 54.7 Å². The van der Waals surface area contributed by atoms with Crippen molar-refractivity contribution >= 4 is 44.6 Å². The zero-order valence-electron chi connectivity index (χ0n) is 40.0. The fourth-order valence-electron chi connectivity index (χ4n) is 10.3. The molecule has 4 aliphatic heterocycles. The quantitative estimate of drug-likeness (QED) is 0.124. The van der Waals surface area contributed by atoms with E-state index in [1.165, 1.54) is 14.2 Å². The Kier molecular flexibility index (Phi) is 13.6. The lowest BCUT2D eigenvalue weighted by Crippen LogP contribution is -2.62. The first-order valence-corrected chi connectivity index (χ1v) is 25.3. The second-order valence-electron chi connectivity index (χ2n) is 20.2. The second-order valence-corrected chi connectivity index (χ2v) is 22.3. The van der Waals surface area contributed by atoms with Crippen molar-refractivity contribution in [1.29, 1.82) is 0 Å². The molecule has 0 spiro atoms. The highest BCUT2D eigenvalue weighted by molar-refractivity contribution is 7.90. The smallest absolute Gasteiger partial charge is 0.324 e. The lowest BCUT2D eigenvalue weighted by molar-refractivity contribution is -0.155. The molecule has 5 atom stereocenters. The number of carbonyl (C=O) groups excluding carboxylic acids is 4. The average molecular weight is 939 g/mol. The molecular formula is C50H66N8O8S. The van der Waals surface area contributed by atoms with Gasteiger partial charge >= 0.3 is 5.97 Å². The molecule has 2 aromatic heterocycles. The number of nitrogens with zero attached hydrogens (tertiary/aromatic N) is 5. The lowest BCUT2D eigenvalue weighted by Gasteiger charge is -2.37. The molecule has 4 aromatic rings. The summed E-state index contributed by atoms with van der Waals surface area (Å²) in [5, 5.41) is 18.9. The van der Waals surface area contributed by atoms with Crippen molar-refractivity contribution in [3.63, 3.8) is 0 Å². The van der Waals surface area contributed by atoms with Gasteiger partial charge in [-0.05, 0) is 103 Å². The number of hydrogen-bond donors (Lipinski definition) is 4. The lowest BCUT2D eigenvalue weighted by atomic mass is 9.83. The predicted octanol–water partition coefficient (Wildman–Crippen LogP) is 4.93. The van der Waals surface area contributed by atoms with Crippen molar-refractivity contribution in [2.75, 3.05) is 39.8 Å². The number of cyclic esters (lactones) is 1. The van der Waals surface area contributed by atoms with Gasteiger partial charge in [-0.15, -0.1) is 0 Å². The number of aromatic nitrogens is 2. The van der Waals surface area contributed by atoms with Crippen LogP contribution >= 0.6 is 0 Å². The maximum absolute atomic E-state index is 14.7. The molecule has 16 nitrogen and oxygen atoms in total. The standard InChI is InChI=1S/C50H66N8O8S/c1-9-57-41-15-14-32-24-37(41)38(45(57)36-12-10-17-51-43(36)29(2)3)25-50(6,7)28-66-49(63)39-13-11-18-58(54-39)48(62)40(22-31-20-34(32)23-35(59)21-31)53-46(60)44(30(4)5)55(8)47(61)33-16-19-56(27-33)67(64,65)42-26-52-42/h10,12,14-15,17,20-21,23-24,29-30,33,39-40,42,44,52,54,59H,9,11,13,16,18-19,22,25-28H2,1-8H3,(H,53,60)/t33-,39-,40-,42+,44-/m0/s1. The number of hydrogen-bond acceptors (Lipinski definition) is 11. The summed E-state index contributed by atoms with van der Waals surface area (Å²) < 4.78 is 35.7. The Morgan fingerprint density at radius 1 is 1.04 bits per heavy atom. The molecule has 360 valence electrons. The molecule has 6 bridgehead atoms. The molecule has 17 heteroatoms. The summed E-state index contributed by atoms with van der Waals surface area (Å²) in [7, 11) is -2.03. The van der Waals surface area contributed by atoms with Gasteiger partial charge in [0.25, 0.3) is 5.91 Å². The van der Waals surface area contributed by atoms with Gasteiger partial charge in [0.1, 0.15) is 29.2 Å². The molecule has 0 unspecified atom stereocenters. The number of aromatic hydroxyl groups is 1. The van der Waals surface area contributed by atoms with Crippen LogP contribution in [0.3, 0.4) is 0 Å². The molecule has 3 amide bonds. The predicted molar refractivity (Wildman–Crippen MR) is 256 cm³/mol. The van der Waals surface area contributed by atoms with E-state index < -0.39 is 62.6 Å². The van der Waals surface area contributed by atoms with Crippen molar-refractivity contribution in [2.24, 2.45) is 17.3 Å². The van der Waals surface area contributed by atoms with E-state index in [4.69, 9.17) is 9.72 Å². The maximum atomic E-state index is 14.7. The fourth-order valence-corrected chi connectivity index (χ4v) is 11.9. The Labute approximate surface area is 393 Å². The molecule has 2 aromatic carbocycles. The van der Waals surface area contributed by atoms with E-state index in [0.29, 0.717) is 44.3 Å². The van der Waals surface area contributed by atoms with E-state index in [-0.39, 0.29) is 56.2 Å². The summed E-state index contributed by atoms with van der Waals surface area (Å²) >= 11 is 0. The van der Waals surface area contributed by atoms with Crippen LogP contribution in [-0.4, -0.2) is 124 Å². The Morgan fingerprint density at radius 2 is 1.81 bits per heavy atom. The van der Waals surface area contributed by atoms with E-state index in [1.807, 2.05) is 38.2 Å². The van der Waals surface area contributed by atoms with E-state index in [1.54, 1.807) is 19.2 Å². The van der Waals surface area contributed by atoms with Crippen LogP contribution < -0.4 is 16.1 Å². The van der Waals surface area contributed by atoms with Crippen LogP contribution in [0.2, 0.25) is 0 Å². The number of carbonyl (C=O) groups is 4. The molecule has 67 heavy (non-hydrogen) atoms. The van der Waals surface area contributed by atoms with Crippen LogP contribution in [0.4, 0.5) is 0 Å². The largest absolute Gasteiger partial charge is 0.508 e. The second kappa shape index (κ2) is 19.0. The zero-order valence-corrected chi connectivity index (χ0v) is 40.8. The topological polar surface area (TPSA) is 205 Å². The number of phenolic OH excluding ortho intramolecular Hbond substituents is 1. The van der Waals surface area contributed by atoms with E-state index >= 15 is 0 Å². The summed E-state index contributed by atoms with van der Waals surface area (Å²) in [6, 6.07) is 12.6. The number of pyridine rings is 1. The molecule has 0 saturated carbocycles. The number of rotatable bonds is 10. The van der Waals surface area contributed by atoms with E-state index in [2.05, 4.69) is 73.4 Å². The summed E-state index contributed by atoms with van der Waals surface area (Å²) in [4.78, 5) is 63.5. The number of aryl methyl sites for hydroxylation is 1. The minimum absolute atomic E-state index is 0.0148. The third-order valence-corrected chi connectivity index (χ3v) is 15.8. The highest BCUT2D eigenvalue weighted by atomic mass is 32.2. The van der Waals surface area contributed by atoms with Gasteiger partial charge in [-0.25, -0.2) is 13.8 Å². The summed E-state index contributed by atoms with van der Waals surface area (Å²) in [6.07, 6.45) is 3.64. The molecule has 6 heterocycles. The Bertz CT molecular complexity index is 2680. The summed E-state index contributed by atoms with van der Waals surface area (Å²) in [5.41, 5.74) is 9.96. The first-order chi connectivity index (χ1) is 31.8. The van der Waals surface area contributed by atoms with E-state index in [0.717, 1.165) is 44.5 Å². The van der Waals surface area contributed by atoms with Gasteiger partial charge in [0, 0.05) is 74.3 Å². The van der Waals surface area contributed by atoms with Crippen LogP contribution in [0.5, 0.6) is 5.75 Å². The first kappa shape index (κ1) is 48.1. The molecule has 0 aliphatic carbocycles. The van der Waals surface area contributed by atoms with Crippen molar-refractivity contribution in [3.05, 3.63) is 71.5 Å². The molecule has 3 saturated heterocycles.